The first-order valence-corrected chi connectivity index (χ1v) is 7.45. The third-order valence-corrected chi connectivity index (χ3v) is 4.07. The van der Waals surface area contributed by atoms with Crippen LogP contribution in [0.4, 0.5) is 0 Å². The molecule has 0 unspecified atom stereocenters. The van der Waals surface area contributed by atoms with E-state index in [0.717, 1.165) is 41.7 Å². The number of hydrogen-bond donors (Lipinski definition) is 0. The maximum atomic E-state index is 12.6. The second kappa shape index (κ2) is 7.65. The summed E-state index contributed by atoms with van der Waals surface area (Å²) in [6, 6.07) is 5.83. The van der Waals surface area contributed by atoms with E-state index in [1.807, 2.05) is 44.1 Å². The summed E-state index contributed by atoms with van der Waals surface area (Å²) in [5.74, 6) is 0.110. The molecule has 0 aliphatic heterocycles. The molecule has 0 heterocycles. The maximum absolute atomic E-state index is 12.6. The Bertz CT molecular complexity index is 432. The number of carbonyl (C=O) groups excluding carboxylic acids is 1. The van der Waals surface area contributed by atoms with Gasteiger partial charge in [-0.1, -0.05) is 19.1 Å². The molecule has 1 aromatic rings. The zero-order valence-corrected chi connectivity index (χ0v) is 13.8. The molecule has 0 aliphatic carbocycles. The van der Waals surface area contributed by atoms with Crippen LogP contribution in [0.2, 0.25) is 0 Å². The second-order valence-corrected chi connectivity index (χ2v) is 5.82. The normalized spacial score (nSPS) is 10.8. The zero-order chi connectivity index (χ0) is 14.4. The summed E-state index contributed by atoms with van der Waals surface area (Å²) in [6.07, 6.45) is 0.975. The Kier molecular flexibility index (Phi) is 6.52. The van der Waals surface area contributed by atoms with Gasteiger partial charge in [0.1, 0.15) is 0 Å². The summed E-state index contributed by atoms with van der Waals surface area (Å²) in [4.78, 5) is 16.6. The Hall–Kier alpha value is -0.870. The van der Waals surface area contributed by atoms with Gasteiger partial charge in [0.05, 0.1) is 5.56 Å². The molecule has 0 spiro atoms. The van der Waals surface area contributed by atoms with Gasteiger partial charge in [0.25, 0.3) is 5.91 Å². The first-order chi connectivity index (χ1) is 8.97. The van der Waals surface area contributed by atoms with Crippen LogP contribution in [0.5, 0.6) is 0 Å². The van der Waals surface area contributed by atoms with E-state index in [1.165, 1.54) is 0 Å². The van der Waals surface area contributed by atoms with Gasteiger partial charge in [0.2, 0.25) is 0 Å². The molecular formula is C15H23BrN2O. The van der Waals surface area contributed by atoms with Crippen LogP contribution >= 0.6 is 15.9 Å². The lowest BCUT2D eigenvalue weighted by Crippen LogP contribution is -2.37. The van der Waals surface area contributed by atoms with E-state index < -0.39 is 0 Å². The van der Waals surface area contributed by atoms with Crippen LogP contribution in [-0.2, 0) is 0 Å². The van der Waals surface area contributed by atoms with E-state index in [-0.39, 0.29) is 5.91 Å². The van der Waals surface area contributed by atoms with Crippen molar-refractivity contribution < 1.29 is 4.79 Å². The van der Waals surface area contributed by atoms with Crippen molar-refractivity contribution in [2.24, 2.45) is 0 Å². The van der Waals surface area contributed by atoms with E-state index in [1.54, 1.807) is 0 Å². The summed E-state index contributed by atoms with van der Waals surface area (Å²) < 4.78 is 0.908. The molecule has 0 N–H and O–H groups in total. The van der Waals surface area contributed by atoms with Crippen molar-refractivity contribution in [2.45, 2.75) is 20.3 Å². The highest BCUT2D eigenvalue weighted by atomic mass is 79.9. The largest absolute Gasteiger partial charge is 0.337 e. The maximum Gasteiger partial charge on any atom is 0.255 e. The lowest BCUT2D eigenvalue weighted by atomic mass is 10.1. The predicted molar refractivity (Wildman–Crippen MR) is 83.6 cm³/mol. The molecule has 1 rings (SSSR count). The highest BCUT2D eigenvalue weighted by molar-refractivity contribution is 9.10. The number of benzene rings is 1. The number of carbonyl (C=O) groups is 1. The van der Waals surface area contributed by atoms with E-state index in [4.69, 9.17) is 0 Å². The standard InChI is InChI=1S/C15H23BrN2O/c1-5-9-18(11-10-17(3)4)15(19)13-8-6-7-12(2)14(13)16/h6-8H,5,9-11H2,1-4H3. The number of hydrogen-bond acceptors (Lipinski definition) is 2. The molecular weight excluding hydrogens is 304 g/mol. The number of nitrogens with zero attached hydrogens (tertiary/aromatic N) is 2. The van der Waals surface area contributed by atoms with Gasteiger partial charge in [-0.05, 0) is 55.0 Å². The van der Waals surface area contributed by atoms with Crippen LogP contribution in [0.25, 0.3) is 0 Å². The fourth-order valence-corrected chi connectivity index (χ4v) is 2.32. The third-order valence-electron chi connectivity index (χ3n) is 3.02. The minimum absolute atomic E-state index is 0.110. The molecule has 0 aliphatic rings. The van der Waals surface area contributed by atoms with Gasteiger partial charge >= 0.3 is 0 Å². The monoisotopic (exact) mass is 326 g/mol. The van der Waals surface area contributed by atoms with Gasteiger partial charge in [-0.3, -0.25) is 4.79 Å². The molecule has 3 nitrogen and oxygen atoms in total. The predicted octanol–water partition coefficient (Wildman–Crippen LogP) is 3.17. The van der Waals surface area contributed by atoms with E-state index in [9.17, 15) is 4.79 Å². The minimum atomic E-state index is 0.110. The van der Waals surface area contributed by atoms with Crippen molar-refractivity contribution in [3.63, 3.8) is 0 Å². The molecule has 0 saturated carbocycles. The molecule has 19 heavy (non-hydrogen) atoms. The minimum Gasteiger partial charge on any atom is -0.337 e. The van der Waals surface area contributed by atoms with Crippen molar-refractivity contribution in [2.75, 3.05) is 33.7 Å². The summed E-state index contributed by atoms with van der Waals surface area (Å²) in [5, 5.41) is 0. The Balaban J connectivity index is 2.89. The first kappa shape index (κ1) is 16.2. The quantitative estimate of drug-likeness (QED) is 0.801. The number of amides is 1. The molecule has 0 aromatic heterocycles. The summed E-state index contributed by atoms with van der Waals surface area (Å²) in [7, 11) is 4.05. The number of aryl methyl sites for hydroxylation is 1. The van der Waals surface area contributed by atoms with Crippen LogP contribution in [0.1, 0.15) is 29.3 Å². The first-order valence-electron chi connectivity index (χ1n) is 6.66. The Labute approximate surface area is 124 Å². The van der Waals surface area contributed by atoms with Gasteiger partial charge in [-0.2, -0.15) is 0 Å². The second-order valence-electron chi connectivity index (χ2n) is 5.03. The van der Waals surface area contributed by atoms with Crippen LogP contribution < -0.4 is 0 Å². The molecule has 1 amide bonds. The Morgan fingerprint density at radius 3 is 2.47 bits per heavy atom. The summed E-state index contributed by atoms with van der Waals surface area (Å²) >= 11 is 3.52. The van der Waals surface area contributed by atoms with Gasteiger partial charge in [-0.15, -0.1) is 0 Å². The smallest absolute Gasteiger partial charge is 0.255 e. The van der Waals surface area contributed by atoms with Gasteiger partial charge < -0.3 is 9.80 Å². The van der Waals surface area contributed by atoms with Crippen LogP contribution in [0, 0.1) is 6.92 Å². The van der Waals surface area contributed by atoms with Crippen molar-refractivity contribution in [1.29, 1.82) is 0 Å². The molecule has 4 heteroatoms. The summed E-state index contributed by atoms with van der Waals surface area (Å²) in [5.41, 5.74) is 1.85. The summed E-state index contributed by atoms with van der Waals surface area (Å²) in [6.45, 7) is 6.55. The van der Waals surface area contributed by atoms with Crippen LogP contribution in [-0.4, -0.2) is 49.4 Å². The molecule has 0 radical (unpaired) electrons. The zero-order valence-electron chi connectivity index (χ0n) is 12.2. The van der Waals surface area contributed by atoms with Crippen molar-refractivity contribution in [3.05, 3.63) is 33.8 Å². The van der Waals surface area contributed by atoms with Crippen molar-refractivity contribution in [3.8, 4) is 0 Å². The SMILES string of the molecule is CCCN(CCN(C)C)C(=O)c1cccc(C)c1Br. The van der Waals surface area contributed by atoms with E-state index in [2.05, 4.69) is 27.8 Å². The molecule has 0 atom stereocenters. The number of likely N-dealkylation sites (N-methyl/N-ethyl adjacent to an activating group) is 1. The Morgan fingerprint density at radius 1 is 1.21 bits per heavy atom. The molecule has 0 fully saturated rings. The van der Waals surface area contributed by atoms with Crippen LogP contribution in [0.3, 0.4) is 0 Å². The van der Waals surface area contributed by atoms with E-state index in [0.29, 0.717) is 0 Å². The van der Waals surface area contributed by atoms with Crippen molar-refractivity contribution >= 4 is 21.8 Å². The fourth-order valence-electron chi connectivity index (χ4n) is 1.89. The molecule has 0 saturated heterocycles. The third kappa shape index (κ3) is 4.62. The lowest BCUT2D eigenvalue weighted by Gasteiger charge is -2.24. The molecule has 1 aromatic carbocycles. The molecule has 0 bridgehead atoms. The topological polar surface area (TPSA) is 23.6 Å². The highest BCUT2D eigenvalue weighted by Crippen LogP contribution is 2.22. The van der Waals surface area contributed by atoms with Gasteiger partial charge in [0, 0.05) is 24.1 Å². The van der Waals surface area contributed by atoms with Gasteiger partial charge in [-0.25, -0.2) is 0 Å². The average molecular weight is 327 g/mol. The highest BCUT2D eigenvalue weighted by Gasteiger charge is 2.18. The Morgan fingerprint density at radius 2 is 1.89 bits per heavy atom. The average Bonchev–Trinajstić information content (AvgIpc) is 2.37. The van der Waals surface area contributed by atoms with Crippen LogP contribution in [0.15, 0.2) is 22.7 Å². The number of halogens is 1. The number of rotatable bonds is 6. The van der Waals surface area contributed by atoms with Crippen molar-refractivity contribution in [1.82, 2.24) is 9.80 Å². The van der Waals surface area contributed by atoms with E-state index >= 15 is 0 Å². The van der Waals surface area contributed by atoms with Gasteiger partial charge in [0.15, 0.2) is 0 Å². The molecule has 106 valence electrons. The fraction of sp³-hybridized carbons (Fsp3) is 0.533. The lowest BCUT2D eigenvalue weighted by molar-refractivity contribution is 0.0744.